The summed E-state index contributed by atoms with van der Waals surface area (Å²) in [6, 6.07) is 28.2. The number of hydrogen-bond acceptors (Lipinski definition) is 3. The van der Waals surface area contributed by atoms with E-state index >= 15 is 0 Å². The van der Waals surface area contributed by atoms with E-state index in [1.54, 1.807) is 0 Å². The number of fused-ring (bicyclic) bond motifs is 6. The van der Waals surface area contributed by atoms with Gasteiger partial charge in [0.15, 0.2) is 5.82 Å². The number of nitrogens with zero attached hydrogens (tertiary/aromatic N) is 3. The lowest BCUT2D eigenvalue weighted by atomic mass is 9.98. The van der Waals surface area contributed by atoms with Gasteiger partial charge in [-0.15, -0.1) is 0 Å². The fourth-order valence-electron chi connectivity index (χ4n) is 4.24. The Morgan fingerprint density at radius 1 is 0.786 bits per heavy atom. The monoisotopic (exact) mass is 361 g/mol. The van der Waals surface area contributed by atoms with E-state index < -0.39 is 0 Å². The molecule has 1 aliphatic heterocycles. The van der Waals surface area contributed by atoms with Crippen molar-refractivity contribution in [3.63, 3.8) is 0 Å². The van der Waals surface area contributed by atoms with Crippen LogP contribution in [-0.2, 0) is 0 Å². The first-order valence-electron chi connectivity index (χ1n) is 9.27. The molecule has 0 N–H and O–H groups in total. The molecular weight excluding hydrogens is 346 g/mol. The average molecular weight is 361 g/mol. The van der Waals surface area contributed by atoms with Crippen LogP contribution >= 0.6 is 0 Å². The third kappa shape index (κ3) is 2.03. The first-order chi connectivity index (χ1) is 13.8. The zero-order chi connectivity index (χ0) is 18.7. The van der Waals surface area contributed by atoms with Gasteiger partial charge in [-0.25, -0.2) is 4.98 Å². The Morgan fingerprint density at radius 2 is 1.54 bits per heavy atom. The van der Waals surface area contributed by atoms with Gasteiger partial charge in [0.2, 0.25) is 0 Å². The van der Waals surface area contributed by atoms with Crippen LogP contribution < -0.4 is 5.56 Å². The summed E-state index contributed by atoms with van der Waals surface area (Å²) in [5, 5.41) is 1.71. The summed E-state index contributed by atoms with van der Waals surface area (Å²) in [7, 11) is 0. The Balaban J connectivity index is 1.79. The summed E-state index contributed by atoms with van der Waals surface area (Å²) < 4.78 is 2.16. The van der Waals surface area contributed by atoms with Gasteiger partial charge in [-0.05, 0) is 29.8 Å². The summed E-state index contributed by atoms with van der Waals surface area (Å²) in [5.74, 6) is 0.637. The van der Waals surface area contributed by atoms with Crippen LogP contribution in [0, 0.1) is 0 Å². The lowest BCUT2D eigenvalue weighted by molar-refractivity contribution is 0.726. The predicted octanol–water partition coefficient (Wildman–Crippen LogP) is 4.56. The molecule has 0 radical (unpaired) electrons. The fourth-order valence-corrected chi connectivity index (χ4v) is 4.24. The quantitative estimate of drug-likeness (QED) is 0.431. The molecule has 3 heterocycles. The molecule has 4 heteroatoms. The third-order valence-electron chi connectivity index (χ3n) is 5.46. The van der Waals surface area contributed by atoms with Gasteiger partial charge in [-0.1, -0.05) is 60.7 Å². The van der Waals surface area contributed by atoms with Crippen molar-refractivity contribution in [2.45, 2.75) is 6.04 Å². The molecule has 3 aromatic carbocycles. The van der Waals surface area contributed by atoms with Crippen molar-refractivity contribution in [3.05, 3.63) is 106 Å². The minimum Gasteiger partial charge on any atom is -0.312 e. The molecular formula is C24H15N3O. The minimum absolute atomic E-state index is 0.0682. The van der Waals surface area contributed by atoms with Crippen molar-refractivity contribution >= 4 is 21.8 Å². The zero-order valence-electron chi connectivity index (χ0n) is 14.9. The number of hydrogen-bond donors (Lipinski definition) is 0. The van der Waals surface area contributed by atoms with E-state index in [2.05, 4.69) is 33.8 Å². The molecule has 1 aliphatic rings. The molecule has 0 fully saturated rings. The molecule has 0 bridgehead atoms. The zero-order valence-corrected chi connectivity index (χ0v) is 14.9. The predicted molar refractivity (Wildman–Crippen MR) is 110 cm³/mol. The molecule has 28 heavy (non-hydrogen) atoms. The number of pyridine rings is 1. The molecule has 132 valence electrons. The van der Waals surface area contributed by atoms with E-state index in [1.807, 2.05) is 60.7 Å². The summed E-state index contributed by atoms with van der Waals surface area (Å²) >= 11 is 0. The van der Waals surface area contributed by atoms with Gasteiger partial charge in [-0.3, -0.25) is 4.79 Å². The first kappa shape index (κ1) is 15.3. The van der Waals surface area contributed by atoms with E-state index in [1.165, 1.54) is 0 Å². The van der Waals surface area contributed by atoms with Gasteiger partial charge >= 0.3 is 0 Å². The van der Waals surface area contributed by atoms with Crippen LogP contribution in [-0.4, -0.2) is 14.5 Å². The van der Waals surface area contributed by atoms with Crippen LogP contribution in [0.4, 0.5) is 0 Å². The minimum atomic E-state index is -0.212. The number of rotatable bonds is 1. The van der Waals surface area contributed by atoms with Crippen molar-refractivity contribution in [3.8, 4) is 11.5 Å². The summed E-state index contributed by atoms with van der Waals surface area (Å²) in [5.41, 5.74) is 4.59. The van der Waals surface area contributed by atoms with Gasteiger partial charge in [0, 0.05) is 10.9 Å². The van der Waals surface area contributed by atoms with Crippen molar-refractivity contribution in [2.75, 3.05) is 0 Å². The van der Waals surface area contributed by atoms with Gasteiger partial charge in [0.25, 0.3) is 5.56 Å². The highest BCUT2D eigenvalue weighted by Gasteiger charge is 2.33. The van der Waals surface area contributed by atoms with Gasteiger partial charge in [-0.2, -0.15) is 4.98 Å². The second-order valence-electron chi connectivity index (χ2n) is 7.06. The summed E-state index contributed by atoms with van der Waals surface area (Å²) in [6.45, 7) is 0. The molecule has 1 unspecified atom stereocenters. The molecule has 5 aromatic rings. The van der Waals surface area contributed by atoms with Crippen LogP contribution in [0.25, 0.3) is 33.3 Å². The molecule has 0 amide bonds. The Labute approximate surface area is 160 Å². The maximum atomic E-state index is 12.7. The molecule has 6 rings (SSSR count). The lowest BCUT2D eigenvalue weighted by Gasteiger charge is -2.19. The Hall–Kier alpha value is -3.79. The van der Waals surface area contributed by atoms with Crippen LogP contribution in [0.15, 0.2) is 89.7 Å². The second-order valence-corrected chi connectivity index (χ2v) is 7.06. The van der Waals surface area contributed by atoms with E-state index in [0.717, 1.165) is 33.2 Å². The van der Waals surface area contributed by atoms with Crippen molar-refractivity contribution < 1.29 is 0 Å². The average Bonchev–Trinajstić information content (AvgIpc) is 3.06. The molecule has 0 aliphatic carbocycles. The van der Waals surface area contributed by atoms with Crippen LogP contribution in [0.5, 0.6) is 0 Å². The number of para-hydroxylation sites is 2. The van der Waals surface area contributed by atoms with Crippen LogP contribution in [0.1, 0.15) is 17.2 Å². The van der Waals surface area contributed by atoms with Crippen molar-refractivity contribution in [1.82, 2.24) is 14.5 Å². The van der Waals surface area contributed by atoms with Crippen LogP contribution in [0.3, 0.4) is 0 Å². The Kier molecular flexibility index (Phi) is 3.06. The van der Waals surface area contributed by atoms with Gasteiger partial charge in [0.05, 0.1) is 22.5 Å². The van der Waals surface area contributed by atoms with E-state index in [9.17, 15) is 4.79 Å². The number of benzene rings is 3. The normalized spacial score (nSPS) is 14.9. The topological polar surface area (TPSA) is 47.8 Å². The largest absolute Gasteiger partial charge is 0.312 e. The Morgan fingerprint density at radius 3 is 2.43 bits per heavy atom. The fraction of sp³-hybridized carbons (Fsp3) is 0.0417. The molecule has 2 aromatic heterocycles. The third-order valence-corrected chi connectivity index (χ3v) is 5.46. The van der Waals surface area contributed by atoms with Crippen molar-refractivity contribution in [2.24, 2.45) is 0 Å². The number of aromatic nitrogens is 3. The lowest BCUT2D eigenvalue weighted by Crippen LogP contribution is -2.16. The molecule has 0 saturated heterocycles. The highest BCUT2D eigenvalue weighted by Crippen LogP contribution is 2.43. The van der Waals surface area contributed by atoms with Gasteiger partial charge < -0.3 is 4.57 Å². The SMILES string of the molecule is O=c1nc2n(c3ccccc13)C(c1ccccc1)c1cc3ccccc3nc1-2. The molecule has 0 spiro atoms. The second kappa shape index (κ2) is 5.60. The molecule has 0 saturated carbocycles. The maximum absolute atomic E-state index is 12.7. The highest BCUT2D eigenvalue weighted by molar-refractivity contribution is 5.87. The Bertz CT molecular complexity index is 1440. The summed E-state index contributed by atoms with van der Waals surface area (Å²) in [6.07, 6.45) is 0. The van der Waals surface area contributed by atoms with E-state index in [4.69, 9.17) is 4.98 Å². The molecule has 4 nitrogen and oxygen atoms in total. The summed E-state index contributed by atoms with van der Waals surface area (Å²) in [4.78, 5) is 22.1. The van der Waals surface area contributed by atoms with E-state index in [-0.39, 0.29) is 11.6 Å². The smallest absolute Gasteiger partial charge is 0.281 e. The molecule has 1 atom stereocenters. The standard InChI is InChI=1S/C24H15N3O/c28-24-17-11-5-7-13-20(17)27-22(15-8-2-1-3-9-15)18-14-16-10-4-6-12-19(16)25-21(18)23(27)26-24/h1-14,22H. The van der Waals surface area contributed by atoms with Crippen LogP contribution in [0.2, 0.25) is 0 Å². The first-order valence-corrected chi connectivity index (χ1v) is 9.27. The van der Waals surface area contributed by atoms with Gasteiger partial charge in [0.1, 0.15) is 5.69 Å². The highest BCUT2D eigenvalue weighted by atomic mass is 16.1. The van der Waals surface area contributed by atoms with Crippen molar-refractivity contribution in [1.29, 1.82) is 0 Å². The van der Waals surface area contributed by atoms with E-state index in [0.29, 0.717) is 11.2 Å². The maximum Gasteiger partial charge on any atom is 0.281 e.